The average molecular weight is 477 g/mol. The predicted octanol–water partition coefficient (Wildman–Crippen LogP) is 3.53. The van der Waals surface area contributed by atoms with Gasteiger partial charge in [0.2, 0.25) is 15.9 Å². The summed E-state index contributed by atoms with van der Waals surface area (Å²) >= 11 is 0. The van der Waals surface area contributed by atoms with Gasteiger partial charge in [0.25, 0.3) is 0 Å². The van der Waals surface area contributed by atoms with Crippen LogP contribution in [0.25, 0.3) is 0 Å². The number of anilines is 1. The number of nitrogens with one attached hydrogen (secondary N) is 1. The fourth-order valence-electron chi connectivity index (χ4n) is 3.65. The Hall–Kier alpha value is -2.94. The van der Waals surface area contributed by atoms with Gasteiger partial charge in [0.15, 0.2) is 11.5 Å². The summed E-state index contributed by atoms with van der Waals surface area (Å²) in [5, 5.41) is 3.02. The van der Waals surface area contributed by atoms with Gasteiger partial charge in [-0.1, -0.05) is 26.0 Å². The molecule has 1 amide bonds. The van der Waals surface area contributed by atoms with E-state index < -0.39 is 10.0 Å². The summed E-state index contributed by atoms with van der Waals surface area (Å²) in [4.78, 5) is 13.1. The average Bonchev–Trinajstić information content (AvgIpc) is 2.81. The number of carbonyl (C=O) groups is 1. The van der Waals surface area contributed by atoms with Gasteiger partial charge in [0.05, 0.1) is 24.6 Å². The summed E-state index contributed by atoms with van der Waals surface area (Å²) in [6.45, 7) is 6.19. The lowest BCUT2D eigenvalue weighted by molar-refractivity contribution is -0.120. The van der Waals surface area contributed by atoms with Gasteiger partial charge in [-0.3, -0.25) is 9.10 Å². The maximum absolute atomic E-state index is 13.1. The van der Waals surface area contributed by atoms with E-state index in [1.165, 1.54) is 0 Å². The normalized spacial score (nSPS) is 14.0. The zero-order chi connectivity index (χ0) is 24.0. The second-order valence-corrected chi connectivity index (χ2v) is 10.4. The maximum atomic E-state index is 13.1. The number of carbonyl (C=O) groups excluding carboxylic acids is 1. The molecule has 1 aliphatic rings. The van der Waals surface area contributed by atoms with Crippen LogP contribution in [-0.2, 0) is 14.8 Å². The van der Waals surface area contributed by atoms with E-state index in [1.54, 1.807) is 32.2 Å². The van der Waals surface area contributed by atoms with Crippen LogP contribution >= 0.6 is 0 Å². The molecule has 0 saturated heterocycles. The van der Waals surface area contributed by atoms with Crippen molar-refractivity contribution in [2.75, 3.05) is 36.9 Å². The highest BCUT2D eigenvalue weighted by molar-refractivity contribution is 7.92. The van der Waals surface area contributed by atoms with E-state index in [0.29, 0.717) is 42.7 Å². The third-order valence-corrected chi connectivity index (χ3v) is 7.10. The first kappa shape index (κ1) is 24.7. The van der Waals surface area contributed by atoms with Crippen LogP contribution in [0.2, 0.25) is 0 Å². The number of amides is 1. The fourth-order valence-corrected chi connectivity index (χ4v) is 4.71. The Morgan fingerprint density at radius 2 is 1.76 bits per heavy atom. The van der Waals surface area contributed by atoms with Gasteiger partial charge in [-0.15, -0.1) is 0 Å². The number of nitrogens with zero attached hydrogens (tertiary/aromatic N) is 1. The Bertz CT molecular complexity index is 1050. The fraction of sp³-hybridized carbons (Fsp3) is 0.458. The van der Waals surface area contributed by atoms with E-state index in [4.69, 9.17) is 14.2 Å². The monoisotopic (exact) mass is 476 g/mol. The van der Waals surface area contributed by atoms with Crippen molar-refractivity contribution >= 4 is 21.6 Å². The summed E-state index contributed by atoms with van der Waals surface area (Å²) in [6.07, 6.45) is 0.711. The SMILES string of the molecule is CCS(=O)(=O)N(CC(=O)N[C@H](CC(C)C)c1ccc(OC)cc1)c1ccc2c(c1)OCCO2. The Balaban J connectivity index is 1.83. The number of hydrogen-bond acceptors (Lipinski definition) is 6. The number of methoxy groups -OCH3 is 1. The first-order chi connectivity index (χ1) is 15.7. The molecule has 2 aromatic rings. The first-order valence-electron chi connectivity index (χ1n) is 11.1. The molecule has 1 aliphatic heterocycles. The highest BCUT2D eigenvalue weighted by Gasteiger charge is 2.27. The molecular formula is C24H32N2O6S. The third kappa shape index (κ3) is 6.31. The van der Waals surface area contributed by atoms with Crippen LogP contribution in [0.5, 0.6) is 17.2 Å². The van der Waals surface area contributed by atoms with E-state index in [1.807, 2.05) is 24.3 Å². The predicted molar refractivity (Wildman–Crippen MR) is 128 cm³/mol. The molecule has 0 unspecified atom stereocenters. The van der Waals surface area contributed by atoms with Gasteiger partial charge in [-0.2, -0.15) is 0 Å². The molecule has 1 atom stereocenters. The lowest BCUT2D eigenvalue weighted by atomic mass is 9.97. The number of benzene rings is 2. The van der Waals surface area contributed by atoms with E-state index in [2.05, 4.69) is 19.2 Å². The Morgan fingerprint density at radius 3 is 2.36 bits per heavy atom. The van der Waals surface area contributed by atoms with Crippen LogP contribution in [0.3, 0.4) is 0 Å². The Morgan fingerprint density at radius 1 is 1.09 bits per heavy atom. The smallest absolute Gasteiger partial charge is 0.241 e. The number of fused-ring (bicyclic) bond motifs is 1. The highest BCUT2D eigenvalue weighted by Crippen LogP contribution is 2.35. The maximum Gasteiger partial charge on any atom is 0.241 e. The molecule has 0 radical (unpaired) electrons. The first-order valence-corrected chi connectivity index (χ1v) is 12.7. The summed E-state index contributed by atoms with van der Waals surface area (Å²) in [5.74, 6) is 1.55. The van der Waals surface area contributed by atoms with Crippen LogP contribution in [-0.4, -0.2) is 46.9 Å². The minimum atomic E-state index is -3.71. The van der Waals surface area contributed by atoms with Crippen LogP contribution < -0.4 is 23.8 Å². The molecule has 0 aromatic heterocycles. The number of hydrogen-bond donors (Lipinski definition) is 1. The van der Waals surface area contributed by atoms with E-state index in [-0.39, 0.29) is 24.2 Å². The largest absolute Gasteiger partial charge is 0.497 e. The second kappa shape index (κ2) is 10.8. The van der Waals surface area contributed by atoms with Crippen molar-refractivity contribution in [3.8, 4) is 17.2 Å². The zero-order valence-electron chi connectivity index (χ0n) is 19.5. The van der Waals surface area contributed by atoms with Crippen LogP contribution in [0.15, 0.2) is 42.5 Å². The quantitative estimate of drug-likeness (QED) is 0.564. The van der Waals surface area contributed by atoms with Crippen LogP contribution in [0.1, 0.15) is 38.8 Å². The molecule has 1 N–H and O–H groups in total. The summed E-state index contributed by atoms with van der Waals surface area (Å²) in [7, 11) is -2.11. The molecule has 2 aromatic carbocycles. The molecule has 0 saturated carbocycles. The summed E-state index contributed by atoms with van der Waals surface area (Å²) in [5.41, 5.74) is 1.29. The standard InChI is InChI=1S/C24H32N2O6S/c1-5-33(28,29)26(19-8-11-22-23(15-19)32-13-12-31-22)16-24(27)25-21(14-17(2)3)18-6-9-20(30-4)10-7-18/h6-11,15,17,21H,5,12-14,16H2,1-4H3,(H,25,27)/t21-/m1/s1. The van der Waals surface area contributed by atoms with Crippen molar-refractivity contribution in [3.63, 3.8) is 0 Å². The second-order valence-electron chi connectivity index (χ2n) is 8.26. The number of ether oxygens (including phenoxy) is 3. The molecule has 0 spiro atoms. The minimum absolute atomic E-state index is 0.136. The van der Waals surface area contributed by atoms with Crippen molar-refractivity contribution in [3.05, 3.63) is 48.0 Å². The van der Waals surface area contributed by atoms with E-state index in [9.17, 15) is 13.2 Å². The van der Waals surface area contributed by atoms with Crippen molar-refractivity contribution < 1.29 is 27.4 Å². The number of sulfonamides is 1. The van der Waals surface area contributed by atoms with Crippen LogP contribution in [0, 0.1) is 5.92 Å². The lowest BCUT2D eigenvalue weighted by Crippen LogP contribution is -2.42. The van der Waals surface area contributed by atoms with E-state index >= 15 is 0 Å². The van der Waals surface area contributed by atoms with Gasteiger partial charge in [0, 0.05) is 6.07 Å². The van der Waals surface area contributed by atoms with Crippen LogP contribution in [0.4, 0.5) is 5.69 Å². The van der Waals surface area contributed by atoms with Crippen molar-refractivity contribution in [1.82, 2.24) is 5.32 Å². The molecule has 9 heteroatoms. The minimum Gasteiger partial charge on any atom is -0.497 e. The molecule has 0 fully saturated rings. The molecule has 3 rings (SSSR count). The van der Waals surface area contributed by atoms with Crippen molar-refractivity contribution in [2.45, 2.75) is 33.2 Å². The Kier molecular flexibility index (Phi) is 8.07. The molecule has 0 aliphatic carbocycles. The summed E-state index contributed by atoms with van der Waals surface area (Å²) < 4.78 is 43.2. The third-order valence-electron chi connectivity index (χ3n) is 5.36. The molecule has 0 bridgehead atoms. The number of rotatable bonds is 10. The molecule has 180 valence electrons. The van der Waals surface area contributed by atoms with Crippen molar-refractivity contribution in [2.24, 2.45) is 5.92 Å². The van der Waals surface area contributed by atoms with Crippen molar-refractivity contribution in [1.29, 1.82) is 0 Å². The van der Waals surface area contributed by atoms with Gasteiger partial charge in [-0.25, -0.2) is 8.42 Å². The molecule has 33 heavy (non-hydrogen) atoms. The van der Waals surface area contributed by atoms with E-state index in [0.717, 1.165) is 15.6 Å². The Labute approximate surface area is 195 Å². The summed E-state index contributed by atoms with van der Waals surface area (Å²) in [6, 6.07) is 12.2. The van der Waals surface area contributed by atoms with Gasteiger partial charge >= 0.3 is 0 Å². The lowest BCUT2D eigenvalue weighted by Gasteiger charge is -2.27. The molecule has 1 heterocycles. The van der Waals surface area contributed by atoms with Gasteiger partial charge < -0.3 is 19.5 Å². The highest BCUT2D eigenvalue weighted by atomic mass is 32.2. The zero-order valence-corrected chi connectivity index (χ0v) is 20.4. The topological polar surface area (TPSA) is 94.2 Å². The molecule has 8 nitrogen and oxygen atoms in total. The van der Waals surface area contributed by atoms with Gasteiger partial charge in [-0.05, 0) is 49.1 Å². The molecular weight excluding hydrogens is 444 g/mol. The van der Waals surface area contributed by atoms with Gasteiger partial charge in [0.1, 0.15) is 25.5 Å².